The molecule has 0 fully saturated rings. The van der Waals surface area contributed by atoms with Gasteiger partial charge in [-0.2, -0.15) is 5.26 Å². The normalized spacial score (nSPS) is 9.76. The van der Waals surface area contributed by atoms with Crippen molar-refractivity contribution in [2.45, 2.75) is 6.42 Å². The van der Waals surface area contributed by atoms with Crippen LogP contribution in [0.2, 0.25) is 5.02 Å². The average molecular weight is 310 g/mol. The lowest BCUT2D eigenvalue weighted by Gasteiger charge is -2.25. The molecule has 21 heavy (non-hydrogen) atoms. The summed E-state index contributed by atoms with van der Waals surface area (Å²) in [6, 6.07) is 8.62. The van der Waals surface area contributed by atoms with E-state index < -0.39 is 5.97 Å². The molecule has 1 aromatic carbocycles. The SMILES string of the molecule is CN(CCC#N)C(=O)CN(CC(=O)O)c1cccc(Cl)c1. The molecule has 0 aliphatic rings. The smallest absolute Gasteiger partial charge is 0.323 e. The van der Waals surface area contributed by atoms with Gasteiger partial charge in [0.05, 0.1) is 19.0 Å². The van der Waals surface area contributed by atoms with E-state index >= 15 is 0 Å². The van der Waals surface area contributed by atoms with Gasteiger partial charge in [-0.05, 0) is 18.2 Å². The van der Waals surface area contributed by atoms with Crippen LogP contribution in [0.15, 0.2) is 24.3 Å². The molecule has 0 unspecified atom stereocenters. The molecule has 0 heterocycles. The highest BCUT2D eigenvalue weighted by atomic mass is 35.5. The molecule has 7 heteroatoms. The monoisotopic (exact) mass is 309 g/mol. The number of rotatable bonds is 7. The minimum Gasteiger partial charge on any atom is -0.480 e. The number of carbonyl (C=O) groups is 2. The summed E-state index contributed by atoms with van der Waals surface area (Å²) in [6.07, 6.45) is 0.234. The highest BCUT2D eigenvalue weighted by Crippen LogP contribution is 2.19. The van der Waals surface area contributed by atoms with Crippen LogP contribution in [0.1, 0.15) is 6.42 Å². The van der Waals surface area contributed by atoms with Crippen LogP contribution in [0.4, 0.5) is 5.69 Å². The first-order chi connectivity index (χ1) is 9.93. The molecule has 0 atom stereocenters. The largest absolute Gasteiger partial charge is 0.480 e. The van der Waals surface area contributed by atoms with Gasteiger partial charge in [0.15, 0.2) is 0 Å². The van der Waals surface area contributed by atoms with Gasteiger partial charge in [-0.3, -0.25) is 9.59 Å². The third-order valence-electron chi connectivity index (χ3n) is 2.81. The summed E-state index contributed by atoms with van der Waals surface area (Å²) in [5, 5.41) is 17.9. The summed E-state index contributed by atoms with van der Waals surface area (Å²) in [6.45, 7) is -0.0848. The Labute approximate surface area is 128 Å². The van der Waals surface area contributed by atoms with Crippen molar-refractivity contribution in [3.8, 4) is 6.07 Å². The zero-order valence-electron chi connectivity index (χ0n) is 11.6. The first-order valence-electron chi connectivity index (χ1n) is 6.27. The number of hydrogen-bond acceptors (Lipinski definition) is 4. The van der Waals surface area contributed by atoms with Crippen molar-refractivity contribution in [2.75, 3.05) is 31.6 Å². The molecule has 1 aromatic rings. The highest BCUT2D eigenvalue weighted by molar-refractivity contribution is 6.30. The van der Waals surface area contributed by atoms with Crippen molar-refractivity contribution < 1.29 is 14.7 Å². The van der Waals surface area contributed by atoms with E-state index in [0.29, 0.717) is 17.3 Å². The van der Waals surface area contributed by atoms with Gasteiger partial charge in [0, 0.05) is 24.3 Å². The number of likely N-dealkylation sites (N-methyl/N-ethyl adjacent to an activating group) is 1. The molecule has 0 radical (unpaired) electrons. The van der Waals surface area contributed by atoms with Crippen LogP contribution < -0.4 is 4.90 Å². The van der Waals surface area contributed by atoms with Crippen LogP contribution in [0.3, 0.4) is 0 Å². The van der Waals surface area contributed by atoms with Gasteiger partial charge in [-0.1, -0.05) is 17.7 Å². The number of nitrogens with zero attached hydrogens (tertiary/aromatic N) is 3. The molecule has 6 nitrogen and oxygen atoms in total. The van der Waals surface area contributed by atoms with E-state index in [1.54, 1.807) is 31.3 Å². The number of nitriles is 1. The second-order valence-electron chi connectivity index (χ2n) is 4.45. The molecule has 0 bridgehead atoms. The average Bonchev–Trinajstić information content (AvgIpc) is 2.43. The number of amides is 1. The summed E-state index contributed by atoms with van der Waals surface area (Å²) in [5.74, 6) is -1.30. The Morgan fingerprint density at radius 3 is 2.67 bits per heavy atom. The third kappa shape index (κ3) is 5.71. The number of aliphatic carboxylic acids is 1. The van der Waals surface area contributed by atoms with Crippen molar-refractivity contribution >= 4 is 29.2 Å². The fourth-order valence-electron chi connectivity index (χ4n) is 1.70. The molecule has 112 valence electrons. The van der Waals surface area contributed by atoms with Gasteiger partial charge in [-0.25, -0.2) is 0 Å². The predicted molar refractivity (Wildman–Crippen MR) is 79.2 cm³/mol. The molecule has 1 rings (SSSR count). The van der Waals surface area contributed by atoms with Crippen LogP contribution in [0.25, 0.3) is 0 Å². The summed E-state index contributed by atoms with van der Waals surface area (Å²) < 4.78 is 0. The Balaban J connectivity index is 2.82. The van der Waals surface area contributed by atoms with E-state index in [4.69, 9.17) is 22.0 Å². The lowest BCUT2D eigenvalue weighted by molar-refractivity contribution is -0.135. The zero-order valence-corrected chi connectivity index (χ0v) is 12.4. The van der Waals surface area contributed by atoms with Crippen molar-refractivity contribution in [1.29, 1.82) is 5.26 Å². The van der Waals surface area contributed by atoms with Crippen LogP contribution in [-0.4, -0.2) is 48.6 Å². The maximum Gasteiger partial charge on any atom is 0.323 e. The van der Waals surface area contributed by atoms with Crippen molar-refractivity contribution in [3.63, 3.8) is 0 Å². The predicted octanol–water partition coefficient (Wildman–Crippen LogP) is 1.60. The lowest BCUT2D eigenvalue weighted by atomic mass is 10.2. The molecule has 0 aliphatic carbocycles. The number of hydrogen-bond donors (Lipinski definition) is 1. The van der Waals surface area contributed by atoms with E-state index in [1.165, 1.54) is 9.80 Å². The van der Waals surface area contributed by atoms with E-state index in [0.717, 1.165) is 0 Å². The summed E-state index contributed by atoms with van der Waals surface area (Å²) >= 11 is 5.89. The maximum absolute atomic E-state index is 12.0. The van der Waals surface area contributed by atoms with Gasteiger partial charge in [0.25, 0.3) is 0 Å². The van der Waals surface area contributed by atoms with E-state index in [1.807, 2.05) is 6.07 Å². The molecular weight excluding hydrogens is 294 g/mol. The second kappa shape index (κ2) is 8.12. The van der Waals surface area contributed by atoms with Crippen LogP contribution in [0, 0.1) is 11.3 Å². The van der Waals surface area contributed by atoms with E-state index in [2.05, 4.69) is 0 Å². The highest BCUT2D eigenvalue weighted by Gasteiger charge is 2.17. The fourth-order valence-corrected chi connectivity index (χ4v) is 1.89. The molecule has 1 amide bonds. The number of carbonyl (C=O) groups excluding carboxylic acids is 1. The molecular formula is C14H16ClN3O3. The molecule has 0 saturated carbocycles. The van der Waals surface area contributed by atoms with Gasteiger partial charge < -0.3 is 14.9 Å². The minimum atomic E-state index is -1.04. The second-order valence-corrected chi connectivity index (χ2v) is 4.89. The molecule has 0 spiro atoms. The standard InChI is InChI=1S/C14H16ClN3O3/c1-17(7-3-6-16)13(19)9-18(10-14(20)21)12-5-2-4-11(15)8-12/h2,4-5,8H,3,7,9-10H2,1H3,(H,20,21). The number of carboxylic acids is 1. The summed E-state index contributed by atoms with van der Waals surface area (Å²) in [5.41, 5.74) is 0.562. The quantitative estimate of drug-likeness (QED) is 0.827. The summed E-state index contributed by atoms with van der Waals surface area (Å²) in [4.78, 5) is 25.8. The van der Waals surface area contributed by atoms with E-state index in [-0.39, 0.29) is 25.4 Å². The Morgan fingerprint density at radius 2 is 2.10 bits per heavy atom. The Kier molecular flexibility index (Phi) is 6.50. The fraction of sp³-hybridized carbons (Fsp3) is 0.357. The van der Waals surface area contributed by atoms with Crippen LogP contribution in [-0.2, 0) is 9.59 Å². The number of benzene rings is 1. The first kappa shape index (κ1) is 16.8. The molecule has 0 saturated heterocycles. The number of anilines is 1. The van der Waals surface area contributed by atoms with Crippen molar-refractivity contribution in [2.24, 2.45) is 0 Å². The van der Waals surface area contributed by atoms with Gasteiger partial charge in [0.2, 0.25) is 5.91 Å². The summed E-state index contributed by atoms with van der Waals surface area (Å²) in [7, 11) is 1.58. The minimum absolute atomic E-state index is 0.0887. The zero-order chi connectivity index (χ0) is 15.8. The Bertz CT molecular complexity index is 557. The molecule has 1 N–H and O–H groups in total. The lowest BCUT2D eigenvalue weighted by Crippen LogP contribution is -2.41. The maximum atomic E-state index is 12.0. The number of carboxylic acid groups (broad SMARTS) is 1. The molecule has 0 aliphatic heterocycles. The van der Waals surface area contributed by atoms with E-state index in [9.17, 15) is 9.59 Å². The van der Waals surface area contributed by atoms with Crippen LogP contribution in [0.5, 0.6) is 0 Å². The van der Waals surface area contributed by atoms with Gasteiger partial charge in [0.1, 0.15) is 6.54 Å². The van der Waals surface area contributed by atoms with Crippen molar-refractivity contribution in [1.82, 2.24) is 4.90 Å². The number of halogens is 1. The Hall–Kier alpha value is -2.26. The topological polar surface area (TPSA) is 84.6 Å². The Morgan fingerprint density at radius 1 is 1.38 bits per heavy atom. The third-order valence-corrected chi connectivity index (χ3v) is 3.05. The molecule has 0 aromatic heterocycles. The van der Waals surface area contributed by atoms with Crippen LogP contribution >= 0.6 is 11.6 Å². The van der Waals surface area contributed by atoms with Gasteiger partial charge >= 0.3 is 5.97 Å². The van der Waals surface area contributed by atoms with Gasteiger partial charge in [-0.15, -0.1) is 0 Å². The van der Waals surface area contributed by atoms with Crippen molar-refractivity contribution in [3.05, 3.63) is 29.3 Å². The first-order valence-corrected chi connectivity index (χ1v) is 6.65.